The van der Waals surface area contributed by atoms with Crippen LogP contribution in [0, 0.1) is 0 Å². The Bertz CT molecular complexity index is 514. The molecule has 1 rings (SSSR count). The molecular weight excluding hydrogens is 393 g/mol. The fourth-order valence-electron chi connectivity index (χ4n) is 1.44. The predicted molar refractivity (Wildman–Crippen MR) is 87.0 cm³/mol. The van der Waals surface area contributed by atoms with E-state index in [0.29, 0.717) is 11.0 Å². The van der Waals surface area contributed by atoms with Gasteiger partial charge < -0.3 is 0 Å². The maximum absolute atomic E-state index is 12.1. The van der Waals surface area contributed by atoms with Gasteiger partial charge >= 0.3 is 0 Å². The Hall–Kier alpha value is 0.540. The third kappa shape index (κ3) is 5.44. The summed E-state index contributed by atoms with van der Waals surface area (Å²) in [6.45, 7) is 0.381. The van der Waals surface area contributed by atoms with Crippen molar-refractivity contribution in [3.8, 4) is 0 Å². The molecule has 0 spiro atoms. The Balaban J connectivity index is 2.78. The molecule has 0 saturated carbocycles. The second-order valence-electron chi connectivity index (χ2n) is 3.80. The number of thioether (sulfide) groups is 1. The summed E-state index contributed by atoms with van der Waals surface area (Å²) in [6, 6.07) is 3.02. The van der Waals surface area contributed by atoms with E-state index in [-0.39, 0.29) is 14.9 Å². The first-order valence-corrected chi connectivity index (χ1v) is 9.94. The third-order valence-electron chi connectivity index (χ3n) is 2.30. The molecule has 0 aliphatic carbocycles. The van der Waals surface area contributed by atoms with Crippen molar-refractivity contribution < 1.29 is 8.42 Å². The van der Waals surface area contributed by atoms with Gasteiger partial charge in [-0.3, -0.25) is 0 Å². The molecule has 0 aliphatic heterocycles. The standard InChI is InChI=1S/C11H14BrCl2NO2S2/c1-18-5-3-2-4-15-19(16,17)11-9(13)6-8(12)7-10(11)14/h6-7,15H,2-5H2,1H3. The summed E-state index contributed by atoms with van der Waals surface area (Å²) in [5.41, 5.74) is 0. The van der Waals surface area contributed by atoms with Gasteiger partial charge in [0.1, 0.15) is 4.90 Å². The van der Waals surface area contributed by atoms with Crippen molar-refractivity contribution in [3.05, 3.63) is 26.7 Å². The van der Waals surface area contributed by atoms with Crippen LogP contribution in [0.15, 0.2) is 21.5 Å². The first-order chi connectivity index (χ1) is 8.88. The van der Waals surface area contributed by atoms with Crippen molar-refractivity contribution >= 4 is 60.9 Å². The average molecular weight is 407 g/mol. The molecule has 3 nitrogen and oxygen atoms in total. The zero-order chi connectivity index (χ0) is 14.5. The van der Waals surface area contributed by atoms with Crippen LogP contribution in [0.2, 0.25) is 10.0 Å². The molecule has 0 amide bonds. The molecule has 0 unspecified atom stereocenters. The second-order valence-corrected chi connectivity index (χ2v) is 8.22. The third-order valence-corrected chi connectivity index (χ3v) is 5.84. The summed E-state index contributed by atoms with van der Waals surface area (Å²) in [5, 5.41) is 0.215. The Morgan fingerprint density at radius 2 is 1.84 bits per heavy atom. The molecule has 0 heterocycles. The number of nitrogens with one attached hydrogen (secondary N) is 1. The topological polar surface area (TPSA) is 46.2 Å². The highest BCUT2D eigenvalue weighted by Crippen LogP contribution is 2.32. The van der Waals surface area contributed by atoms with Crippen LogP contribution in [0.25, 0.3) is 0 Å². The number of sulfonamides is 1. The van der Waals surface area contributed by atoms with Gasteiger partial charge in [-0.25, -0.2) is 13.1 Å². The van der Waals surface area contributed by atoms with Crippen LogP contribution in [0.4, 0.5) is 0 Å². The average Bonchev–Trinajstić information content (AvgIpc) is 2.26. The summed E-state index contributed by atoms with van der Waals surface area (Å²) in [4.78, 5) is -0.0658. The van der Waals surface area contributed by atoms with E-state index in [9.17, 15) is 8.42 Å². The predicted octanol–water partition coefficient (Wildman–Crippen LogP) is 4.18. The summed E-state index contributed by atoms with van der Waals surface area (Å²) in [6.07, 6.45) is 3.77. The molecule has 0 bridgehead atoms. The van der Waals surface area contributed by atoms with Crippen LogP contribution in [0.5, 0.6) is 0 Å². The van der Waals surface area contributed by atoms with E-state index in [1.54, 1.807) is 11.8 Å². The minimum absolute atomic E-state index is 0.0658. The zero-order valence-electron chi connectivity index (χ0n) is 10.3. The molecule has 8 heteroatoms. The van der Waals surface area contributed by atoms with Crippen LogP contribution in [-0.2, 0) is 10.0 Å². The molecule has 108 valence electrons. The molecule has 0 aliphatic rings. The van der Waals surface area contributed by atoms with Gasteiger partial charge in [0.15, 0.2) is 0 Å². The van der Waals surface area contributed by atoms with Crippen molar-refractivity contribution in [2.24, 2.45) is 0 Å². The summed E-state index contributed by atoms with van der Waals surface area (Å²) < 4.78 is 27.4. The number of halogens is 3. The number of unbranched alkanes of at least 4 members (excludes halogenated alkanes) is 1. The monoisotopic (exact) mass is 405 g/mol. The van der Waals surface area contributed by atoms with E-state index in [4.69, 9.17) is 23.2 Å². The van der Waals surface area contributed by atoms with Gasteiger partial charge in [-0.2, -0.15) is 11.8 Å². The highest BCUT2D eigenvalue weighted by molar-refractivity contribution is 9.10. The van der Waals surface area contributed by atoms with E-state index in [1.165, 1.54) is 12.1 Å². The first-order valence-electron chi connectivity index (χ1n) is 5.51. The van der Waals surface area contributed by atoms with Crippen LogP contribution in [0.1, 0.15) is 12.8 Å². The van der Waals surface area contributed by atoms with Crippen LogP contribution in [-0.4, -0.2) is 27.0 Å². The van der Waals surface area contributed by atoms with Gasteiger partial charge in [0, 0.05) is 11.0 Å². The maximum Gasteiger partial charge on any atom is 0.243 e. The second kappa shape index (κ2) is 8.10. The van der Waals surface area contributed by atoms with E-state index >= 15 is 0 Å². The molecule has 19 heavy (non-hydrogen) atoms. The molecule has 0 atom stereocenters. The van der Waals surface area contributed by atoms with E-state index in [1.807, 2.05) is 6.26 Å². The van der Waals surface area contributed by atoms with Crippen molar-refractivity contribution in [1.82, 2.24) is 4.72 Å². The van der Waals surface area contributed by atoms with Gasteiger partial charge in [-0.05, 0) is 37.0 Å². The fraction of sp³-hybridized carbons (Fsp3) is 0.455. The van der Waals surface area contributed by atoms with E-state index < -0.39 is 10.0 Å². The van der Waals surface area contributed by atoms with Gasteiger partial charge in [-0.15, -0.1) is 0 Å². The molecular formula is C11H14BrCl2NO2S2. The van der Waals surface area contributed by atoms with Crippen molar-refractivity contribution in [2.45, 2.75) is 17.7 Å². The molecule has 1 aromatic carbocycles. The van der Waals surface area contributed by atoms with Gasteiger partial charge in [0.2, 0.25) is 10.0 Å². The van der Waals surface area contributed by atoms with Crippen LogP contribution in [0.3, 0.4) is 0 Å². The minimum atomic E-state index is -3.67. The Kier molecular flexibility index (Phi) is 7.50. The van der Waals surface area contributed by atoms with Crippen molar-refractivity contribution in [3.63, 3.8) is 0 Å². The summed E-state index contributed by atoms with van der Waals surface area (Å²) >= 11 is 16.8. The Morgan fingerprint density at radius 3 is 2.37 bits per heavy atom. The number of benzene rings is 1. The summed E-state index contributed by atoms with van der Waals surface area (Å²) in [5.74, 6) is 1.02. The van der Waals surface area contributed by atoms with Crippen molar-refractivity contribution in [2.75, 3.05) is 18.6 Å². The van der Waals surface area contributed by atoms with Crippen molar-refractivity contribution in [1.29, 1.82) is 0 Å². The first kappa shape index (κ1) is 17.6. The lowest BCUT2D eigenvalue weighted by molar-refractivity contribution is 0.578. The highest BCUT2D eigenvalue weighted by Gasteiger charge is 2.21. The normalized spacial score (nSPS) is 11.8. The molecule has 0 aromatic heterocycles. The lowest BCUT2D eigenvalue weighted by Gasteiger charge is -2.10. The Morgan fingerprint density at radius 1 is 1.26 bits per heavy atom. The number of rotatable bonds is 7. The van der Waals surface area contributed by atoms with Crippen LogP contribution >= 0.6 is 50.9 Å². The molecule has 1 N–H and O–H groups in total. The zero-order valence-corrected chi connectivity index (χ0v) is 15.0. The smallest absolute Gasteiger partial charge is 0.211 e. The summed E-state index contributed by atoms with van der Waals surface area (Å²) in [7, 11) is -3.67. The molecule has 0 saturated heterocycles. The van der Waals surface area contributed by atoms with Crippen LogP contribution < -0.4 is 4.72 Å². The minimum Gasteiger partial charge on any atom is -0.211 e. The maximum atomic E-state index is 12.1. The van der Waals surface area contributed by atoms with E-state index in [0.717, 1.165) is 18.6 Å². The Labute approximate surface area is 136 Å². The molecule has 0 fully saturated rings. The molecule has 1 aromatic rings. The number of hydrogen-bond acceptors (Lipinski definition) is 3. The highest BCUT2D eigenvalue weighted by atomic mass is 79.9. The number of hydrogen-bond donors (Lipinski definition) is 1. The van der Waals surface area contributed by atoms with Gasteiger partial charge in [0.25, 0.3) is 0 Å². The lowest BCUT2D eigenvalue weighted by atomic mass is 10.3. The quantitative estimate of drug-likeness (QED) is 0.691. The SMILES string of the molecule is CSCCCCNS(=O)(=O)c1c(Cl)cc(Br)cc1Cl. The lowest BCUT2D eigenvalue weighted by Crippen LogP contribution is -2.25. The largest absolute Gasteiger partial charge is 0.243 e. The van der Waals surface area contributed by atoms with Gasteiger partial charge in [-0.1, -0.05) is 39.1 Å². The molecule has 0 radical (unpaired) electrons. The fourth-order valence-corrected chi connectivity index (χ4v) is 4.94. The van der Waals surface area contributed by atoms with E-state index in [2.05, 4.69) is 20.7 Å². The van der Waals surface area contributed by atoms with Gasteiger partial charge in [0.05, 0.1) is 10.0 Å².